The minimum Gasteiger partial charge on any atom is -0.467 e. The van der Waals surface area contributed by atoms with Gasteiger partial charge in [-0.15, -0.1) is 0 Å². The molecule has 0 saturated carbocycles. The molecule has 14 heavy (non-hydrogen) atoms. The highest BCUT2D eigenvalue weighted by Gasteiger charge is 2.21. The van der Waals surface area contributed by atoms with Gasteiger partial charge in [0.15, 0.2) is 6.29 Å². The van der Waals surface area contributed by atoms with Crippen LogP contribution in [-0.4, -0.2) is 23.6 Å². The lowest BCUT2D eigenvalue weighted by Gasteiger charge is -2.12. The van der Waals surface area contributed by atoms with Gasteiger partial charge in [-0.2, -0.15) is 0 Å². The second-order valence-electron chi connectivity index (χ2n) is 3.38. The van der Waals surface area contributed by atoms with Crippen LogP contribution in [0.1, 0.15) is 29.0 Å². The Hall–Kier alpha value is -1.58. The molecule has 0 aromatic carbocycles. The van der Waals surface area contributed by atoms with Crippen molar-refractivity contribution in [3.05, 3.63) is 23.7 Å². The predicted octanol–water partition coefficient (Wildman–Crippen LogP) is 1.21. The Bertz CT molecular complexity index is 356. The number of amides is 1. The SMILES string of the molecule is O=Cc1coc(CN2CCCC2=O)c1. The molecule has 2 heterocycles. The molecule has 0 atom stereocenters. The van der Waals surface area contributed by atoms with E-state index in [-0.39, 0.29) is 5.91 Å². The number of hydrogen-bond acceptors (Lipinski definition) is 3. The molecule has 1 aliphatic heterocycles. The summed E-state index contributed by atoms with van der Waals surface area (Å²) in [4.78, 5) is 23.4. The average Bonchev–Trinajstić information content (AvgIpc) is 2.77. The van der Waals surface area contributed by atoms with Gasteiger partial charge in [0.1, 0.15) is 12.0 Å². The molecule has 1 saturated heterocycles. The van der Waals surface area contributed by atoms with Crippen LogP contribution in [0, 0.1) is 0 Å². The molecule has 1 aromatic rings. The highest BCUT2D eigenvalue weighted by molar-refractivity contribution is 5.78. The number of nitrogens with zero attached hydrogens (tertiary/aromatic N) is 1. The average molecular weight is 193 g/mol. The summed E-state index contributed by atoms with van der Waals surface area (Å²) in [5, 5.41) is 0. The lowest BCUT2D eigenvalue weighted by Crippen LogP contribution is -2.23. The lowest BCUT2D eigenvalue weighted by molar-refractivity contribution is -0.128. The molecule has 4 heteroatoms. The first-order valence-corrected chi connectivity index (χ1v) is 4.60. The molecule has 0 bridgehead atoms. The van der Waals surface area contributed by atoms with Gasteiger partial charge < -0.3 is 9.32 Å². The monoisotopic (exact) mass is 193 g/mol. The molecule has 1 aliphatic rings. The van der Waals surface area contributed by atoms with E-state index in [2.05, 4.69) is 0 Å². The largest absolute Gasteiger partial charge is 0.467 e. The van der Waals surface area contributed by atoms with Gasteiger partial charge in [-0.1, -0.05) is 0 Å². The van der Waals surface area contributed by atoms with Crippen molar-refractivity contribution in [3.63, 3.8) is 0 Å². The van der Waals surface area contributed by atoms with E-state index in [1.165, 1.54) is 6.26 Å². The Kier molecular flexibility index (Phi) is 2.35. The van der Waals surface area contributed by atoms with E-state index >= 15 is 0 Å². The first kappa shape index (κ1) is 8.99. The molecule has 2 rings (SSSR count). The van der Waals surface area contributed by atoms with E-state index in [4.69, 9.17) is 4.42 Å². The van der Waals surface area contributed by atoms with E-state index in [0.29, 0.717) is 24.3 Å². The second-order valence-corrected chi connectivity index (χ2v) is 3.38. The summed E-state index contributed by atoms with van der Waals surface area (Å²) < 4.78 is 5.14. The quantitative estimate of drug-likeness (QED) is 0.678. The molecule has 0 radical (unpaired) electrons. The van der Waals surface area contributed by atoms with Gasteiger partial charge in [-0.25, -0.2) is 0 Å². The van der Waals surface area contributed by atoms with Crippen molar-refractivity contribution in [1.29, 1.82) is 0 Å². The summed E-state index contributed by atoms with van der Waals surface area (Å²) in [6.45, 7) is 1.27. The van der Waals surface area contributed by atoms with Crippen molar-refractivity contribution in [2.75, 3.05) is 6.54 Å². The van der Waals surface area contributed by atoms with E-state index < -0.39 is 0 Å². The third-order valence-corrected chi connectivity index (χ3v) is 2.33. The zero-order valence-electron chi connectivity index (χ0n) is 7.73. The minimum absolute atomic E-state index is 0.161. The predicted molar refractivity (Wildman–Crippen MR) is 48.7 cm³/mol. The van der Waals surface area contributed by atoms with Crippen molar-refractivity contribution < 1.29 is 14.0 Å². The standard InChI is InChI=1S/C10H11NO3/c12-6-8-4-9(14-7-8)5-11-3-1-2-10(11)13/h4,6-7H,1-3,5H2. The van der Waals surface area contributed by atoms with Gasteiger partial charge in [0, 0.05) is 13.0 Å². The number of rotatable bonds is 3. The Labute approximate surface area is 81.5 Å². The molecular weight excluding hydrogens is 182 g/mol. The van der Waals surface area contributed by atoms with Crippen LogP contribution in [0.5, 0.6) is 0 Å². The molecule has 1 amide bonds. The molecule has 0 unspecified atom stereocenters. The number of furan rings is 1. The second kappa shape index (κ2) is 3.65. The van der Waals surface area contributed by atoms with Crippen molar-refractivity contribution in [2.24, 2.45) is 0 Å². The zero-order valence-corrected chi connectivity index (χ0v) is 7.73. The molecule has 0 aliphatic carbocycles. The van der Waals surface area contributed by atoms with Crippen LogP contribution in [0.3, 0.4) is 0 Å². The fourth-order valence-corrected chi connectivity index (χ4v) is 1.60. The maximum atomic E-state index is 11.3. The third-order valence-electron chi connectivity index (χ3n) is 2.33. The van der Waals surface area contributed by atoms with E-state index in [0.717, 1.165) is 19.3 Å². The third kappa shape index (κ3) is 1.69. The highest BCUT2D eigenvalue weighted by atomic mass is 16.3. The molecule has 74 valence electrons. The molecule has 1 aromatic heterocycles. The fourth-order valence-electron chi connectivity index (χ4n) is 1.60. The van der Waals surface area contributed by atoms with E-state index in [1.807, 2.05) is 0 Å². The van der Waals surface area contributed by atoms with Gasteiger partial charge in [0.05, 0.1) is 12.1 Å². The van der Waals surface area contributed by atoms with Crippen LogP contribution in [-0.2, 0) is 11.3 Å². The normalized spacial score (nSPS) is 16.3. The maximum absolute atomic E-state index is 11.3. The van der Waals surface area contributed by atoms with Crippen LogP contribution in [0.4, 0.5) is 0 Å². The van der Waals surface area contributed by atoms with E-state index in [1.54, 1.807) is 11.0 Å². The van der Waals surface area contributed by atoms with Crippen LogP contribution < -0.4 is 0 Å². The molecule has 4 nitrogen and oxygen atoms in total. The van der Waals surface area contributed by atoms with Crippen molar-refractivity contribution in [3.8, 4) is 0 Å². The van der Waals surface area contributed by atoms with Gasteiger partial charge >= 0.3 is 0 Å². The zero-order chi connectivity index (χ0) is 9.97. The molecule has 1 fully saturated rings. The maximum Gasteiger partial charge on any atom is 0.223 e. The van der Waals surface area contributed by atoms with Crippen LogP contribution >= 0.6 is 0 Å². The summed E-state index contributed by atoms with van der Waals surface area (Å²) in [5.41, 5.74) is 0.520. The first-order valence-electron chi connectivity index (χ1n) is 4.60. The summed E-state index contributed by atoms with van der Waals surface area (Å²) in [6, 6.07) is 1.67. The van der Waals surface area contributed by atoms with Crippen LogP contribution in [0.25, 0.3) is 0 Å². The van der Waals surface area contributed by atoms with Gasteiger partial charge in [-0.3, -0.25) is 9.59 Å². The Balaban J connectivity index is 2.03. The first-order chi connectivity index (χ1) is 6.79. The molecular formula is C10H11NO3. The topological polar surface area (TPSA) is 50.5 Å². The van der Waals surface area contributed by atoms with Crippen molar-refractivity contribution in [2.45, 2.75) is 19.4 Å². The summed E-state index contributed by atoms with van der Waals surface area (Å²) in [6.07, 6.45) is 3.68. The van der Waals surface area contributed by atoms with Crippen molar-refractivity contribution >= 4 is 12.2 Å². The van der Waals surface area contributed by atoms with Gasteiger partial charge in [0.2, 0.25) is 5.91 Å². The smallest absolute Gasteiger partial charge is 0.223 e. The van der Waals surface area contributed by atoms with Crippen LogP contribution in [0.15, 0.2) is 16.7 Å². The number of likely N-dealkylation sites (tertiary alicyclic amines) is 1. The number of carbonyl (C=O) groups is 2. The number of carbonyl (C=O) groups excluding carboxylic acids is 2. The molecule has 0 N–H and O–H groups in total. The van der Waals surface area contributed by atoms with Gasteiger partial charge in [-0.05, 0) is 12.5 Å². The summed E-state index contributed by atoms with van der Waals surface area (Å²) in [5.74, 6) is 0.830. The Morgan fingerprint density at radius 2 is 2.43 bits per heavy atom. The number of aldehydes is 1. The number of hydrogen-bond donors (Lipinski definition) is 0. The van der Waals surface area contributed by atoms with E-state index in [9.17, 15) is 9.59 Å². The Morgan fingerprint density at radius 1 is 1.57 bits per heavy atom. The van der Waals surface area contributed by atoms with Crippen molar-refractivity contribution in [1.82, 2.24) is 4.90 Å². The fraction of sp³-hybridized carbons (Fsp3) is 0.400. The Morgan fingerprint density at radius 3 is 3.00 bits per heavy atom. The lowest BCUT2D eigenvalue weighted by atomic mass is 10.3. The minimum atomic E-state index is 0.161. The summed E-state index contributed by atoms with van der Waals surface area (Å²) in [7, 11) is 0. The van der Waals surface area contributed by atoms with Gasteiger partial charge in [0.25, 0.3) is 0 Å². The highest BCUT2D eigenvalue weighted by Crippen LogP contribution is 2.15. The summed E-state index contributed by atoms with van der Waals surface area (Å²) >= 11 is 0. The van der Waals surface area contributed by atoms with Crippen LogP contribution in [0.2, 0.25) is 0 Å². The molecule has 0 spiro atoms.